The van der Waals surface area contributed by atoms with Gasteiger partial charge in [0, 0.05) is 5.41 Å². The fourth-order valence-corrected chi connectivity index (χ4v) is 2.39. The molecule has 0 bridgehead atoms. The topological polar surface area (TPSA) is 44.5 Å². The molecule has 118 valence electrons. The Kier molecular flexibility index (Phi) is 3.25. The molecule has 0 spiro atoms. The molecule has 22 heavy (non-hydrogen) atoms. The third-order valence-electron chi connectivity index (χ3n) is 4.58. The average molecular weight is 301 g/mol. The predicted octanol–water partition coefficient (Wildman–Crippen LogP) is 3.42. The molecule has 0 atom stereocenters. The van der Waals surface area contributed by atoms with E-state index in [-0.39, 0.29) is 23.7 Å². The molecule has 1 fully saturated rings. The fourth-order valence-electron chi connectivity index (χ4n) is 2.39. The smallest absolute Gasteiger partial charge is 0.440 e. The molecule has 5 heteroatoms. The second kappa shape index (κ2) is 4.59. The van der Waals surface area contributed by atoms with Crippen LogP contribution < -0.4 is 5.46 Å². The summed E-state index contributed by atoms with van der Waals surface area (Å²) in [5, 5.41) is 0. The summed E-state index contributed by atoms with van der Waals surface area (Å²) in [6, 6.07) is 5.94. The van der Waals surface area contributed by atoms with Crippen LogP contribution in [0.2, 0.25) is 0 Å². The molecule has 3 rings (SSSR count). The summed E-state index contributed by atoms with van der Waals surface area (Å²) in [6.07, 6.45) is 0. The second-order valence-corrected chi connectivity index (χ2v) is 8.08. The first kappa shape index (κ1) is 15.6. The molecule has 0 saturated carbocycles. The lowest BCUT2D eigenvalue weighted by Crippen LogP contribution is -2.41. The molecule has 0 unspecified atom stereocenters. The van der Waals surface area contributed by atoms with E-state index in [4.69, 9.17) is 13.7 Å². The molecule has 0 radical (unpaired) electrons. The van der Waals surface area contributed by atoms with Crippen molar-refractivity contribution in [3.63, 3.8) is 0 Å². The summed E-state index contributed by atoms with van der Waals surface area (Å²) in [6.45, 7) is 14.5. The Morgan fingerprint density at radius 3 is 2.14 bits per heavy atom. The van der Waals surface area contributed by atoms with Crippen molar-refractivity contribution in [3.8, 4) is 0 Å². The first-order valence-electron chi connectivity index (χ1n) is 7.76. The fraction of sp³-hybridized carbons (Fsp3) is 0.588. The van der Waals surface area contributed by atoms with Gasteiger partial charge in [0.25, 0.3) is 0 Å². The van der Waals surface area contributed by atoms with Crippen molar-refractivity contribution in [2.75, 3.05) is 0 Å². The molecular weight excluding hydrogens is 277 g/mol. The van der Waals surface area contributed by atoms with Crippen LogP contribution in [-0.4, -0.2) is 23.3 Å². The number of hydrogen-bond acceptors (Lipinski definition) is 4. The van der Waals surface area contributed by atoms with E-state index in [1.807, 2.05) is 18.2 Å². The van der Waals surface area contributed by atoms with Crippen LogP contribution in [0.25, 0.3) is 11.1 Å². The van der Waals surface area contributed by atoms with Gasteiger partial charge >= 0.3 is 7.12 Å². The van der Waals surface area contributed by atoms with Crippen molar-refractivity contribution < 1.29 is 13.7 Å². The van der Waals surface area contributed by atoms with Crippen LogP contribution in [0, 0.1) is 0 Å². The van der Waals surface area contributed by atoms with Gasteiger partial charge in [-0.3, -0.25) is 0 Å². The first-order chi connectivity index (χ1) is 9.99. The Morgan fingerprint density at radius 2 is 1.59 bits per heavy atom. The van der Waals surface area contributed by atoms with Gasteiger partial charge in [0.2, 0.25) is 5.89 Å². The van der Waals surface area contributed by atoms with Gasteiger partial charge < -0.3 is 13.7 Å². The van der Waals surface area contributed by atoms with Gasteiger partial charge in [0.15, 0.2) is 5.58 Å². The van der Waals surface area contributed by atoms with Crippen LogP contribution in [0.3, 0.4) is 0 Å². The number of hydrogen-bond donors (Lipinski definition) is 0. The lowest BCUT2D eigenvalue weighted by atomic mass is 9.79. The summed E-state index contributed by atoms with van der Waals surface area (Å²) in [7, 11) is -0.377. The SMILES string of the molecule is CC(C)(C)c1nc2ccc(B3OC(C)(C)C(C)(C)O3)cc2o1. The van der Waals surface area contributed by atoms with E-state index in [1.54, 1.807) is 0 Å². The minimum Gasteiger partial charge on any atom is -0.440 e. The second-order valence-electron chi connectivity index (χ2n) is 8.08. The predicted molar refractivity (Wildman–Crippen MR) is 88.4 cm³/mol. The normalized spacial score (nSPS) is 20.8. The minimum atomic E-state index is -0.377. The Bertz CT molecular complexity index is 696. The lowest BCUT2D eigenvalue weighted by Gasteiger charge is -2.32. The molecule has 0 aliphatic carbocycles. The summed E-state index contributed by atoms with van der Waals surface area (Å²) in [5.41, 5.74) is 1.81. The van der Waals surface area contributed by atoms with E-state index < -0.39 is 0 Å². The van der Waals surface area contributed by atoms with Crippen LogP contribution in [0.4, 0.5) is 0 Å². The van der Waals surface area contributed by atoms with Crippen molar-refractivity contribution in [3.05, 3.63) is 24.1 Å². The maximum atomic E-state index is 6.09. The van der Waals surface area contributed by atoms with Gasteiger partial charge in [-0.1, -0.05) is 26.8 Å². The van der Waals surface area contributed by atoms with Crippen molar-refractivity contribution >= 4 is 23.7 Å². The van der Waals surface area contributed by atoms with Gasteiger partial charge in [-0.15, -0.1) is 0 Å². The molecular formula is C17H24BNO3. The highest BCUT2D eigenvalue weighted by Gasteiger charge is 2.51. The molecule has 0 amide bonds. The number of benzene rings is 1. The van der Waals surface area contributed by atoms with Crippen molar-refractivity contribution in [2.24, 2.45) is 0 Å². The highest BCUT2D eigenvalue weighted by Crippen LogP contribution is 2.36. The zero-order valence-corrected chi connectivity index (χ0v) is 14.5. The largest absolute Gasteiger partial charge is 0.494 e. The standard InChI is InChI=1S/C17H24BNO3/c1-15(2,3)14-19-12-9-8-11(10-13(12)20-14)18-21-16(4,5)17(6,7)22-18/h8-10H,1-7H3. The Labute approximate surface area is 132 Å². The van der Waals surface area contributed by atoms with E-state index in [0.29, 0.717) is 0 Å². The molecule has 1 aromatic carbocycles. The Balaban J connectivity index is 1.97. The number of nitrogens with zero attached hydrogens (tertiary/aromatic N) is 1. The first-order valence-corrected chi connectivity index (χ1v) is 7.76. The molecule has 1 aliphatic rings. The molecule has 1 saturated heterocycles. The molecule has 2 aromatic rings. The Hall–Kier alpha value is -1.33. The number of aromatic nitrogens is 1. The maximum absolute atomic E-state index is 6.09. The van der Waals surface area contributed by atoms with Crippen molar-refractivity contribution in [2.45, 2.75) is 65.1 Å². The molecule has 2 heterocycles. The van der Waals surface area contributed by atoms with E-state index in [0.717, 1.165) is 22.5 Å². The van der Waals surface area contributed by atoms with Gasteiger partial charge in [0.1, 0.15) is 5.52 Å². The van der Waals surface area contributed by atoms with Gasteiger partial charge in [-0.25, -0.2) is 4.98 Å². The zero-order valence-electron chi connectivity index (χ0n) is 14.5. The van der Waals surface area contributed by atoms with E-state index >= 15 is 0 Å². The number of rotatable bonds is 1. The van der Waals surface area contributed by atoms with Gasteiger partial charge in [-0.05, 0) is 45.3 Å². The van der Waals surface area contributed by atoms with Crippen LogP contribution in [0.15, 0.2) is 22.6 Å². The summed E-state index contributed by atoms with van der Waals surface area (Å²) < 4.78 is 18.1. The van der Waals surface area contributed by atoms with E-state index in [9.17, 15) is 0 Å². The highest BCUT2D eigenvalue weighted by molar-refractivity contribution is 6.62. The van der Waals surface area contributed by atoms with Crippen LogP contribution in [0.5, 0.6) is 0 Å². The van der Waals surface area contributed by atoms with Gasteiger partial charge in [-0.2, -0.15) is 0 Å². The van der Waals surface area contributed by atoms with E-state index in [2.05, 4.69) is 53.5 Å². The summed E-state index contributed by atoms with van der Waals surface area (Å²) >= 11 is 0. The summed E-state index contributed by atoms with van der Waals surface area (Å²) in [5.74, 6) is 0.744. The highest BCUT2D eigenvalue weighted by atomic mass is 16.7. The monoisotopic (exact) mass is 301 g/mol. The van der Waals surface area contributed by atoms with Gasteiger partial charge in [0.05, 0.1) is 11.2 Å². The summed E-state index contributed by atoms with van der Waals surface area (Å²) in [4.78, 5) is 4.56. The van der Waals surface area contributed by atoms with Crippen molar-refractivity contribution in [1.82, 2.24) is 4.98 Å². The number of oxazole rings is 1. The third-order valence-corrected chi connectivity index (χ3v) is 4.58. The number of fused-ring (bicyclic) bond motifs is 1. The third kappa shape index (κ3) is 2.46. The average Bonchev–Trinajstić information content (AvgIpc) is 2.87. The maximum Gasteiger partial charge on any atom is 0.494 e. The van der Waals surface area contributed by atoms with E-state index in [1.165, 1.54) is 0 Å². The molecule has 4 nitrogen and oxygen atoms in total. The van der Waals surface area contributed by atoms with Crippen LogP contribution in [0.1, 0.15) is 54.4 Å². The molecule has 0 N–H and O–H groups in total. The van der Waals surface area contributed by atoms with Crippen LogP contribution in [-0.2, 0) is 14.7 Å². The van der Waals surface area contributed by atoms with Crippen LogP contribution >= 0.6 is 0 Å². The molecule has 1 aliphatic heterocycles. The quantitative estimate of drug-likeness (QED) is 0.757. The van der Waals surface area contributed by atoms with Crippen molar-refractivity contribution in [1.29, 1.82) is 0 Å². The molecule has 1 aromatic heterocycles. The zero-order chi connectivity index (χ0) is 16.3. The minimum absolute atomic E-state index is 0.108. The lowest BCUT2D eigenvalue weighted by molar-refractivity contribution is 0.00578. The Morgan fingerprint density at radius 1 is 1.00 bits per heavy atom.